The van der Waals surface area contributed by atoms with Gasteiger partial charge in [-0.1, -0.05) is 0 Å². The minimum atomic E-state index is -0.0971. The van der Waals surface area contributed by atoms with Crippen molar-refractivity contribution in [3.05, 3.63) is 22.2 Å². The second kappa shape index (κ2) is 4.02. The molecule has 0 radical (unpaired) electrons. The Labute approximate surface area is 88.3 Å². The van der Waals surface area contributed by atoms with Crippen LogP contribution in [-0.4, -0.2) is 29.1 Å². The molecular formula is C10H16N4O. The van der Waals surface area contributed by atoms with Crippen LogP contribution in [0.5, 0.6) is 0 Å². The van der Waals surface area contributed by atoms with Gasteiger partial charge in [-0.05, 0) is 19.8 Å². The highest BCUT2D eigenvalue weighted by Gasteiger charge is 2.29. The lowest BCUT2D eigenvalue weighted by atomic mass is 10.4. The number of H-pyrrole nitrogens is 1. The maximum atomic E-state index is 11.3. The smallest absolute Gasteiger partial charge is 0.252 e. The molecule has 1 fully saturated rings. The van der Waals surface area contributed by atoms with Crippen LogP contribution in [0.25, 0.3) is 0 Å². The van der Waals surface area contributed by atoms with Crippen LogP contribution in [0.3, 0.4) is 0 Å². The predicted octanol–water partition coefficient (Wildman–Crippen LogP) is 0.00582. The Morgan fingerprint density at radius 2 is 2.40 bits per heavy atom. The molecular weight excluding hydrogens is 192 g/mol. The molecule has 1 aromatic heterocycles. The van der Waals surface area contributed by atoms with Gasteiger partial charge in [0.05, 0.1) is 0 Å². The van der Waals surface area contributed by atoms with Gasteiger partial charge in [0.1, 0.15) is 11.6 Å². The van der Waals surface area contributed by atoms with E-state index in [1.807, 2.05) is 0 Å². The molecule has 1 aliphatic rings. The Morgan fingerprint density at radius 3 is 2.93 bits per heavy atom. The largest absolute Gasteiger partial charge is 0.352 e. The number of rotatable bonds is 4. The van der Waals surface area contributed by atoms with Gasteiger partial charge in [0.2, 0.25) is 0 Å². The van der Waals surface area contributed by atoms with Crippen LogP contribution in [0.15, 0.2) is 10.9 Å². The molecule has 5 nitrogen and oxygen atoms in total. The number of nitrogens with two attached hydrogens (primary N) is 1. The van der Waals surface area contributed by atoms with E-state index in [9.17, 15) is 4.79 Å². The molecule has 0 bridgehead atoms. The van der Waals surface area contributed by atoms with Crippen molar-refractivity contribution in [3.8, 4) is 0 Å². The van der Waals surface area contributed by atoms with E-state index in [1.165, 1.54) is 12.8 Å². The molecule has 3 N–H and O–H groups in total. The first kappa shape index (κ1) is 10.2. The summed E-state index contributed by atoms with van der Waals surface area (Å²) >= 11 is 0. The number of nitrogens with zero attached hydrogens (tertiary/aromatic N) is 2. The summed E-state index contributed by atoms with van der Waals surface area (Å²) in [6, 6.07) is 2.07. The standard InChI is InChI=1S/C10H16N4O/c1-7-12-9(6-10(15)13-7)14(5-4-11)8-2-3-8/h6,8H,2-5,11H2,1H3,(H,12,13,15). The number of anilines is 1. The molecule has 82 valence electrons. The van der Waals surface area contributed by atoms with E-state index in [2.05, 4.69) is 14.9 Å². The highest BCUT2D eigenvalue weighted by atomic mass is 16.1. The molecule has 0 atom stereocenters. The van der Waals surface area contributed by atoms with Crippen LogP contribution < -0.4 is 16.2 Å². The van der Waals surface area contributed by atoms with Crippen LogP contribution in [0, 0.1) is 6.92 Å². The average molecular weight is 208 g/mol. The molecule has 1 heterocycles. The summed E-state index contributed by atoms with van der Waals surface area (Å²) in [7, 11) is 0. The van der Waals surface area contributed by atoms with Crippen LogP contribution in [0.4, 0.5) is 5.82 Å². The summed E-state index contributed by atoms with van der Waals surface area (Å²) in [6.45, 7) is 3.14. The summed E-state index contributed by atoms with van der Waals surface area (Å²) in [5.74, 6) is 1.41. The molecule has 0 aromatic carbocycles. The molecule has 0 saturated heterocycles. The minimum absolute atomic E-state index is 0.0971. The van der Waals surface area contributed by atoms with Crippen molar-refractivity contribution in [2.75, 3.05) is 18.0 Å². The monoisotopic (exact) mass is 208 g/mol. The van der Waals surface area contributed by atoms with Crippen molar-refractivity contribution in [1.29, 1.82) is 0 Å². The van der Waals surface area contributed by atoms with E-state index in [0.717, 1.165) is 12.4 Å². The van der Waals surface area contributed by atoms with Crippen LogP contribution in [-0.2, 0) is 0 Å². The Hall–Kier alpha value is -1.36. The zero-order chi connectivity index (χ0) is 10.8. The molecule has 5 heteroatoms. The highest BCUT2D eigenvalue weighted by Crippen LogP contribution is 2.29. The van der Waals surface area contributed by atoms with Gasteiger partial charge >= 0.3 is 0 Å². The first-order valence-corrected chi connectivity index (χ1v) is 5.25. The summed E-state index contributed by atoms with van der Waals surface area (Å²) in [4.78, 5) is 20.4. The van der Waals surface area contributed by atoms with Gasteiger partial charge < -0.3 is 15.6 Å². The van der Waals surface area contributed by atoms with Gasteiger partial charge in [0, 0.05) is 25.2 Å². The number of aromatic amines is 1. The van der Waals surface area contributed by atoms with Gasteiger partial charge in [0.15, 0.2) is 0 Å². The lowest BCUT2D eigenvalue weighted by Gasteiger charge is -2.22. The minimum Gasteiger partial charge on any atom is -0.352 e. The first-order chi connectivity index (χ1) is 7.20. The summed E-state index contributed by atoms with van der Waals surface area (Å²) in [5, 5.41) is 0. The fourth-order valence-corrected chi connectivity index (χ4v) is 1.72. The normalized spacial score (nSPS) is 15.3. The van der Waals surface area contributed by atoms with E-state index in [4.69, 9.17) is 5.73 Å². The molecule has 1 saturated carbocycles. The Bertz CT molecular complexity index is 397. The fourth-order valence-electron chi connectivity index (χ4n) is 1.72. The third-order valence-electron chi connectivity index (χ3n) is 2.50. The molecule has 0 amide bonds. The van der Waals surface area contributed by atoms with Crippen molar-refractivity contribution in [2.24, 2.45) is 5.73 Å². The number of nitrogens with one attached hydrogen (secondary N) is 1. The lowest BCUT2D eigenvalue weighted by Crippen LogP contribution is -2.33. The van der Waals surface area contributed by atoms with Gasteiger partial charge in [-0.3, -0.25) is 4.79 Å². The van der Waals surface area contributed by atoms with E-state index in [1.54, 1.807) is 13.0 Å². The fraction of sp³-hybridized carbons (Fsp3) is 0.600. The third kappa shape index (κ3) is 2.36. The van der Waals surface area contributed by atoms with Crippen molar-refractivity contribution >= 4 is 5.82 Å². The van der Waals surface area contributed by atoms with E-state index in [0.29, 0.717) is 18.4 Å². The molecule has 0 aliphatic heterocycles. The SMILES string of the molecule is Cc1nc(N(CCN)C2CC2)cc(=O)[nH]1. The van der Waals surface area contributed by atoms with E-state index < -0.39 is 0 Å². The molecule has 15 heavy (non-hydrogen) atoms. The number of hydrogen-bond acceptors (Lipinski definition) is 4. The zero-order valence-electron chi connectivity index (χ0n) is 8.86. The Kier molecular flexibility index (Phi) is 2.73. The highest BCUT2D eigenvalue weighted by molar-refractivity contribution is 5.40. The molecule has 1 aromatic rings. The molecule has 0 unspecified atom stereocenters. The van der Waals surface area contributed by atoms with Crippen molar-refractivity contribution in [2.45, 2.75) is 25.8 Å². The maximum absolute atomic E-state index is 11.3. The van der Waals surface area contributed by atoms with Crippen LogP contribution >= 0.6 is 0 Å². The van der Waals surface area contributed by atoms with Gasteiger partial charge in [-0.15, -0.1) is 0 Å². The van der Waals surface area contributed by atoms with Crippen molar-refractivity contribution < 1.29 is 0 Å². The number of aryl methyl sites for hydroxylation is 1. The topological polar surface area (TPSA) is 75.0 Å². The third-order valence-corrected chi connectivity index (χ3v) is 2.50. The summed E-state index contributed by atoms with van der Waals surface area (Å²) < 4.78 is 0. The first-order valence-electron chi connectivity index (χ1n) is 5.25. The second-order valence-corrected chi connectivity index (χ2v) is 3.90. The summed E-state index contributed by atoms with van der Waals surface area (Å²) in [5.41, 5.74) is 5.46. The van der Waals surface area contributed by atoms with Crippen LogP contribution in [0.2, 0.25) is 0 Å². The molecule has 1 aliphatic carbocycles. The average Bonchev–Trinajstić information content (AvgIpc) is 2.95. The Balaban J connectivity index is 2.28. The quantitative estimate of drug-likeness (QED) is 0.730. The van der Waals surface area contributed by atoms with Crippen molar-refractivity contribution in [1.82, 2.24) is 9.97 Å². The predicted molar refractivity (Wildman–Crippen MR) is 59.0 cm³/mol. The van der Waals surface area contributed by atoms with Crippen LogP contribution in [0.1, 0.15) is 18.7 Å². The zero-order valence-corrected chi connectivity index (χ0v) is 8.86. The molecule has 0 spiro atoms. The van der Waals surface area contributed by atoms with E-state index >= 15 is 0 Å². The maximum Gasteiger partial charge on any atom is 0.252 e. The van der Waals surface area contributed by atoms with E-state index in [-0.39, 0.29) is 5.56 Å². The van der Waals surface area contributed by atoms with Gasteiger partial charge in [-0.2, -0.15) is 0 Å². The second-order valence-electron chi connectivity index (χ2n) is 3.90. The van der Waals surface area contributed by atoms with Crippen molar-refractivity contribution in [3.63, 3.8) is 0 Å². The summed E-state index contributed by atoms with van der Waals surface area (Å²) in [6.07, 6.45) is 2.35. The molecule has 2 rings (SSSR count). The Morgan fingerprint density at radius 1 is 1.67 bits per heavy atom. The number of hydrogen-bond donors (Lipinski definition) is 2. The van der Waals surface area contributed by atoms with Gasteiger partial charge in [0.25, 0.3) is 5.56 Å². The lowest BCUT2D eigenvalue weighted by molar-refractivity contribution is 0.763. The van der Waals surface area contributed by atoms with Gasteiger partial charge in [-0.25, -0.2) is 4.98 Å². The number of aromatic nitrogens is 2.